The van der Waals surface area contributed by atoms with Gasteiger partial charge in [-0.2, -0.15) is 0 Å². The van der Waals surface area contributed by atoms with Gasteiger partial charge < -0.3 is 15.4 Å². The first-order chi connectivity index (χ1) is 12.4. The molecule has 6 nitrogen and oxygen atoms in total. The zero-order valence-electron chi connectivity index (χ0n) is 15.6. The number of rotatable bonds is 5. The molecule has 138 valence electrons. The van der Waals surface area contributed by atoms with Crippen LogP contribution in [0.5, 0.6) is 0 Å². The Kier molecular flexibility index (Phi) is 5.52. The third-order valence-electron chi connectivity index (χ3n) is 4.41. The van der Waals surface area contributed by atoms with Gasteiger partial charge in [0.1, 0.15) is 0 Å². The molecule has 1 unspecified atom stereocenters. The number of carbonyl (C=O) groups excluding carboxylic acids is 1. The molecule has 1 saturated heterocycles. The lowest BCUT2D eigenvalue weighted by molar-refractivity contribution is 0.0853. The third kappa shape index (κ3) is 4.58. The zero-order valence-corrected chi connectivity index (χ0v) is 15.6. The largest absolute Gasteiger partial charge is 0.376 e. The molecule has 1 aliphatic heterocycles. The van der Waals surface area contributed by atoms with Gasteiger partial charge in [-0.15, -0.1) is 10.2 Å². The van der Waals surface area contributed by atoms with Gasteiger partial charge in [-0.05, 0) is 42.0 Å². The Balaban J connectivity index is 1.64. The summed E-state index contributed by atoms with van der Waals surface area (Å²) in [5.74, 6) is 0.381. The topological polar surface area (TPSA) is 76.1 Å². The van der Waals surface area contributed by atoms with Gasteiger partial charge in [0.15, 0.2) is 11.5 Å². The van der Waals surface area contributed by atoms with E-state index in [1.165, 1.54) is 5.56 Å². The fraction of sp³-hybridized carbons (Fsp3) is 0.450. The second kappa shape index (κ2) is 7.83. The predicted octanol–water partition coefficient (Wildman–Crippen LogP) is 3.43. The normalized spacial score (nSPS) is 17.1. The van der Waals surface area contributed by atoms with Crippen molar-refractivity contribution in [1.29, 1.82) is 0 Å². The van der Waals surface area contributed by atoms with E-state index in [2.05, 4.69) is 47.7 Å². The summed E-state index contributed by atoms with van der Waals surface area (Å²) in [6.07, 6.45) is 2.15. The number of para-hydroxylation sites is 1. The highest BCUT2D eigenvalue weighted by molar-refractivity contribution is 5.92. The van der Waals surface area contributed by atoms with E-state index in [4.69, 9.17) is 4.74 Å². The quantitative estimate of drug-likeness (QED) is 0.860. The highest BCUT2D eigenvalue weighted by Gasteiger charge is 2.19. The van der Waals surface area contributed by atoms with Crippen LogP contribution in [0.3, 0.4) is 0 Å². The highest BCUT2D eigenvalue weighted by atomic mass is 16.5. The molecule has 0 saturated carbocycles. The molecule has 2 heterocycles. The Bertz CT molecular complexity index is 747. The van der Waals surface area contributed by atoms with Crippen LogP contribution in [0, 0.1) is 0 Å². The van der Waals surface area contributed by atoms with Crippen molar-refractivity contribution in [1.82, 2.24) is 15.5 Å². The van der Waals surface area contributed by atoms with Crippen LogP contribution in [0.1, 0.15) is 49.7 Å². The Labute approximate surface area is 154 Å². The van der Waals surface area contributed by atoms with Crippen LogP contribution in [0.25, 0.3) is 0 Å². The lowest BCUT2D eigenvalue weighted by Gasteiger charge is -2.23. The van der Waals surface area contributed by atoms with Gasteiger partial charge in [0.05, 0.1) is 6.10 Å². The average molecular weight is 354 g/mol. The third-order valence-corrected chi connectivity index (χ3v) is 4.41. The van der Waals surface area contributed by atoms with Gasteiger partial charge in [-0.1, -0.05) is 39.0 Å². The Morgan fingerprint density at radius 2 is 2.00 bits per heavy atom. The van der Waals surface area contributed by atoms with E-state index in [9.17, 15) is 4.79 Å². The summed E-state index contributed by atoms with van der Waals surface area (Å²) < 4.78 is 5.50. The second-order valence-corrected chi connectivity index (χ2v) is 7.57. The fourth-order valence-electron chi connectivity index (χ4n) is 3.01. The Morgan fingerprint density at radius 1 is 1.19 bits per heavy atom. The SMILES string of the molecule is CC(C)(C)c1ccccc1Nc1ccc(C(=O)NCC2CCCO2)nn1. The standard InChI is InChI=1S/C20H26N4O2/c1-20(2,3)15-8-4-5-9-16(15)22-18-11-10-17(23-24-18)19(25)21-13-14-7-6-12-26-14/h4-5,8-11,14H,6-7,12-13H2,1-3H3,(H,21,25)(H,22,24). The molecule has 1 aliphatic rings. The number of amides is 1. The van der Waals surface area contributed by atoms with E-state index < -0.39 is 0 Å². The van der Waals surface area contributed by atoms with Crippen molar-refractivity contribution in [2.24, 2.45) is 0 Å². The maximum Gasteiger partial charge on any atom is 0.271 e. The number of hydrogen-bond acceptors (Lipinski definition) is 5. The minimum absolute atomic E-state index is 0.0131. The summed E-state index contributed by atoms with van der Waals surface area (Å²) >= 11 is 0. The molecule has 1 atom stereocenters. The molecular weight excluding hydrogens is 328 g/mol. The molecular formula is C20H26N4O2. The molecule has 1 aromatic carbocycles. The van der Waals surface area contributed by atoms with E-state index in [1.54, 1.807) is 12.1 Å². The summed E-state index contributed by atoms with van der Waals surface area (Å²) in [5.41, 5.74) is 2.50. The molecule has 0 radical (unpaired) electrons. The second-order valence-electron chi connectivity index (χ2n) is 7.57. The molecule has 1 amide bonds. The van der Waals surface area contributed by atoms with Crippen LogP contribution < -0.4 is 10.6 Å². The molecule has 0 spiro atoms. The van der Waals surface area contributed by atoms with Crippen molar-refractivity contribution in [3.05, 3.63) is 47.7 Å². The van der Waals surface area contributed by atoms with Crippen LogP contribution in [0.2, 0.25) is 0 Å². The average Bonchev–Trinajstić information content (AvgIpc) is 3.13. The number of hydrogen-bond donors (Lipinski definition) is 2. The van der Waals surface area contributed by atoms with Crippen molar-refractivity contribution in [2.75, 3.05) is 18.5 Å². The van der Waals surface area contributed by atoms with E-state index in [-0.39, 0.29) is 17.4 Å². The maximum absolute atomic E-state index is 12.2. The number of nitrogens with zero attached hydrogens (tertiary/aromatic N) is 2. The van der Waals surface area contributed by atoms with Crippen molar-refractivity contribution in [3.63, 3.8) is 0 Å². The lowest BCUT2D eigenvalue weighted by Crippen LogP contribution is -2.32. The van der Waals surface area contributed by atoms with E-state index in [0.717, 1.165) is 25.1 Å². The van der Waals surface area contributed by atoms with Gasteiger partial charge in [0, 0.05) is 18.8 Å². The smallest absolute Gasteiger partial charge is 0.271 e. The summed E-state index contributed by atoms with van der Waals surface area (Å²) in [5, 5.41) is 14.3. The van der Waals surface area contributed by atoms with Gasteiger partial charge in [-0.3, -0.25) is 4.79 Å². The number of nitrogens with one attached hydrogen (secondary N) is 2. The molecule has 2 aromatic rings. The van der Waals surface area contributed by atoms with Crippen molar-refractivity contribution < 1.29 is 9.53 Å². The maximum atomic E-state index is 12.2. The molecule has 0 bridgehead atoms. The van der Waals surface area contributed by atoms with Gasteiger partial charge in [-0.25, -0.2) is 0 Å². The number of anilines is 2. The Hall–Kier alpha value is -2.47. The minimum Gasteiger partial charge on any atom is -0.376 e. The molecule has 3 rings (SSSR count). The van der Waals surface area contributed by atoms with E-state index >= 15 is 0 Å². The van der Waals surface area contributed by atoms with Gasteiger partial charge >= 0.3 is 0 Å². The minimum atomic E-state index is -0.227. The van der Waals surface area contributed by atoms with Crippen LogP contribution >= 0.6 is 0 Å². The number of carbonyl (C=O) groups is 1. The molecule has 0 aliphatic carbocycles. The van der Waals surface area contributed by atoms with E-state index in [1.807, 2.05) is 18.2 Å². The first-order valence-electron chi connectivity index (χ1n) is 9.03. The first-order valence-corrected chi connectivity index (χ1v) is 9.03. The van der Waals surface area contributed by atoms with Crippen molar-refractivity contribution in [2.45, 2.75) is 45.1 Å². The molecule has 1 aromatic heterocycles. The Morgan fingerprint density at radius 3 is 2.65 bits per heavy atom. The van der Waals surface area contributed by atoms with Crippen molar-refractivity contribution in [3.8, 4) is 0 Å². The number of aromatic nitrogens is 2. The molecule has 6 heteroatoms. The summed E-state index contributed by atoms with van der Waals surface area (Å²) in [7, 11) is 0. The lowest BCUT2D eigenvalue weighted by atomic mass is 9.86. The molecule has 1 fully saturated rings. The fourth-order valence-corrected chi connectivity index (χ4v) is 3.01. The molecule has 2 N–H and O–H groups in total. The summed E-state index contributed by atoms with van der Waals surface area (Å²) in [4.78, 5) is 12.2. The summed E-state index contributed by atoms with van der Waals surface area (Å²) in [6.45, 7) is 7.79. The predicted molar refractivity (Wildman–Crippen MR) is 102 cm³/mol. The molecule has 26 heavy (non-hydrogen) atoms. The van der Waals surface area contributed by atoms with Crippen LogP contribution in [0.4, 0.5) is 11.5 Å². The highest BCUT2D eigenvalue weighted by Crippen LogP contribution is 2.30. The zero-order chi connectivity index (χ0) is 18.6. The van der Waals surface area contributed by atoms with E-state index in [0.29, 0.717) is 18.1 Å². The number of benzene rings is 1. The van der Waals surface area contributed by atoms with Crippen LogP contribution in [-0.2, 0) is 10.2 Å². The van der Waals surface area contributed by atoms with Crippen molar-refractivity contribution >= 4 is 17.4 Å². The monoisotopic (exact) mass is 354 g/mol. The number of ether oxygens (including phenoxy) is 1. The van der Waals surface area contributed by atoms with Gasteiger partial charge in [0.25, 0.3) is 5.91 Å². The summed E-state index contributed by atoms with van der Waals surface area (Å²) in [6, 6.07) is 11.6. The van der Waals surface area contributed by atoms with Crippen LogP contribution in [0.15, 0.2) is 36.4 Å². The first kappa shape index (κ1) is 18.3. The van der Waals surface area contributed by atoms with Gasteiger partial charge in [0.2, 0.25) is 0 Å². The van der Waals surface area contributed by atoms with Crippen LogP contribution in [-0.4, -0.2) is 35.4 Å².